The molecule has 0 saturated heterocycles. The minimum atomic E-state index is -0.281. The zero-order valence-corrected chi connectivity index (χ0v) is 19.7. The number of halogens is 1. The molecular weight excluding hydrogens is 446 g/mol. The summed E-state index contributed by atoms with van der Waals surface area (Å²) in [4.78, 5) is 25.1. The summed E-state index contributed by atoms with van der Waals surface area (Å²) in [6.07, 6.45) is 4.93. The van der Waals surface area contributed by atoms with Crippen molar-refractivity contribution in [1.82, 2.24) is 9.78 Å². The maximum absolute atomic E-state index is 12.7. The zero-order chi connectivity index (χ0) is 21.6. The third-order valence-electron chi connectivity index (χ3n) is 7.45. The Labute approximate surface area is 185 Å². The fourth-order valence-electron chi connectivity index (χ4n) is 5.35. The van der Waals surface area contributed by atoms with Crippen LogP contribution in [-0.2, 0) is 17.8 Å². The molecule has 5 rings (SSSR count). The van der Waals surface area contributed by atoms with E-state index in [4.69, 9.17) is 4.42 Å². The zero-order valence-electron chi connectivity index (χ0n) is 18.1. The summed E-state index contributed by atoms with van der Waals surface area (Å²) >= 11 is 3.43. The van der Waals surface area contributed by atoms with Crippen molar-refractivity contribution in [2.24, 2.45) is 23.2 Å². The number of aromatic nitrogens is 2. The van der Waals surface area contributed by atoms with Gasteiger partial charge in [0.05, 0.1) is 11.9 Å². The predicted octanol–water partition coefficient (Wildman–Crippen LogP) is 4.59. The van der Waals surface area contributed by atoms with E-state index in [1.54, 1.807) is 6.20 Å². The van der Waals surface area contributed by atoms with Crippen molar-refractivity contribution >= 4 is 27.4 Å². The van der Waals surface area contributed by atoms with Crippen LogP contribution in [0.3, 0.4) is 0 Å². The van der Waals surface area contributed by atoms with E-state index >= 15 is 0 Å². The van der Waals surface area contributed by atoms with Gasteiger partial charge in [0.25, 0.3) is 5.56 Å². The molecule has 0 unspecified atom stereocenters. The van der Waals surface area contributed by atoms with Crippen molar-refractivity contribution in [3.63, 3.8) is 0 Å². The summed E-state index contributed by atoms with van der Waals surface area (Å²) in [5.74, 6) is 3.57. The molecule has 0 amide bonds. The fraction of sp³-hybridized carbons (Fsp3) is 0.609. The molecule has 162 valence electrons. The number of hydrogen-bond donors (Lipinski definition) is 1. The van der Waals surface area contributed by atoms with Gasteiger partial charge in [-0.25, -0.2) is 4.68 Å². The fourth-order valence-corrected chi connectivity index (χ4v) is 5.77. The summed E-state index contributed by atoms with van der Waals surface area (Å²) in [6, 6.07) is 4.10. The van der Waals surface area contributed by atoms with Gasteiger partial charge in [0.2, 0.25) is 0 Å². The minimum absolute atomic E-state index is 0.0322. The highest BCUT2D eigenvalue weighted by molar-refractivity contribution is 9.10. The molecule has 0 aromatic carbocycles. The Balaban J connectivity index is 1.39. The molecule has 7 heteroatoms. The van der Waals surface area contributed by atoms with Crippen LogP contribution in [0.4, 0.5) is 5.69 Å². The number of aryl methyl sites for hydroxylation is 2. The molecule has 2 aromatic heterocycles. The maximum Gasteiger partial charge on any atom is 0.283 e. The number of fused-ring (bicyclic) bond motifs is 2. The average Bonchev–Trinajstić information content (AvgIpc) is 3.12. The maximum atomic E-state index is 12.7. The normalized spacial score (nSPS) is 26.8. The monoisotopic (exact) mass is 475 g/mol. The number of ketones is 1. The lowest BCUT2D eigenvalue weighted by atomic mass is 9.45. The van der Waals surface area contributed by atoms with E-state index in [0.29, 0.717) is 40.4 Å². The molecule has 2 aromatic rings. The van der Waals surface area contributed by atoms with E-state index < -0.39 is 0 Å². The van der Waals surface area contributed by atoms with Gasteiger partial charge in [-0.1, -0.05) is 20.8 Å². The van der Waals surface area contributed by atoms with Gasteiger partial charge in [-0.2, -0.15) is 5.10 Å². The standard InChI is InChI=1S/C23H30BrN3O3/c1-13-5-7-17(30-13)8-6-16(28)12-27-22(29)21(24)20(11-25-27)26-19-10-15-9-18(14(19)2)23(15,3)4/h5,7,11,14-15,18-19,26H,6,8-10,12H2,1-4H3/t14-,15-,18+,19-/m1/s1. The van der Waals surface area contributed by atoms with Gasteiger partial charge in [0, 0.05) is 18.9 Å². The van der Waals surface area contributed by atoms with Crippen molar-refractivity contribution < 1.29 is 9.21 Å². The first-order valence-electron chi connectivity index (χ1n) is 10.8. The molecular formula is C23H30BrN3O3. The number of rotatable bonds is 7. The highest BCUT2D eigenvalue weighted by atomic mass is 79.9. The third kappa shape index (κ3) is 3.88. The second-order valence-corrected chi connectivity index (χ2v) is 10.4. The third-order valence-corrected chi connectivity index (χ3v) is 8.22. The number of furan rings is 1. The quantitative estimate of drug-likeness (QED) is 0.633. The van der Waals surface area contributed by atoms with Gasteiger partial charge in [-0.3, -0.25) is 9.59 Å². The van der Waals surface area contributed by atoms with E-state index in [1.807, 2.05) is 19.1 Å². The Hall–Kier alpha value is -1.89. The summed E-state index contributed by atoms with van der Waals surface area (Å²) in [5.41, 5.74) is 0.854. The first-order valence-corrected chi connectivity index (χ1v) is 11.5. The number of nitrogens with zero attached hydrogens (tertiary/aromatic N) is 2. The molecule has 0 aliphatic heterocycles. The Morgan fingerprint density at radius 1 is 1.37 bits per heavy atom. The van der Waals surface area contributed by atoms with E-state index in [2.05, 4.69) is 47.1 Å². The molecule has 30 heavy (non-hydrogen) atoms. The molecule has 0 spiro atoms. The lowest BCUT2D eigenvalue weighted by Gasteiger charge is -2.62. The highest BCUT2D eigenvalue weighted by Gasteiger charge is 2.56. The number of hydrogen-bond acceptors (Lipinski definition) is 5. The van der Waals surface area contributed by atoms with Crippen LogP contribution in [0.15, 0.2) is 32.0 Å². The van der Waals surface area contributed by atoms with Crippen molar-refractivity contribution in [2.45, 2.75) is 66.0 Å². The van der Waals surface area contributed by atoms with Crippen LogP contribution in [0.1, 0.15) is 51.6 Å². The summed E-state index contributed by atoms with van der Waals surface area (Å²) in [5, 5.41) is 7.80. The van der Waals surface area contributed by atoms with Crippen molar-refractivity contribution in [2.75, 3.05) is 5.32 Å². The molecule has 3 saturated carbocycles. The van der Waals surface area contributed by atoms with Gasteiger partial charge in [0.15, 0.2) is 5.78 Å². The molecule has 3 aliphatic rings. The second-order valence-electron chi connectivity index (χ2n) is 9.59. The molecule has 2 heterocycles. The molecule has 6 nitrogen and oxygen atoms in total. The SMILES string of the molecule is Cc1ccc(CCC(=O)Cn2ncc(N[C@@H]3C[C@H]4C[C@@H]([C@H]3C)C4(C)C)c(Br)c2=O)o1. The van der Waals surface area contributed by atoms with Crippen LogP contribution in [0.2, 0.25) is 0 Å². The Bertz CT molecular complexity index is 1010. The molecule has 4 atom stereocenters. The summed E-state index contributed by atoms with van der Waals surface area (Å²) in [7, 11) is 0. The van der Waals surface area contributed by atoms with Gasteiger partial charge >= 0.3 is 0 Å². The lowest BCUT2D eigenvalue weighted by molar-refractivity contribution is -0.119. The van der Waals surface area contributed by atoms with E-state index in [-0.39, 0.29) is 17.9 Å². The Kier molecular flexibility index (Phi) is 5.68. The molecule has 0 radical (unpaired) electrons. The predicted molar refractivity (Wildman–Crippen MR) is 120 cm³/mol. The first-order chi connectivity index (χ1) is 14.2. The summed E-state index contributed by atoms with van der Waals surface area (Å²) in [6.45, 7) is 8.90. The van der Waals surface area contributed by atoms with Crippen LogP contribution in [-0.4, -0.2) is 21.6 Å². The molecule has 3 aliphatic carbocycles. The van der Waals surface area contributed by atoms with Crippen LogP contribution in [0, 0.1) is 30.1 Å². The van der Waals surface area contributed by atoms with E-state index in [1.165, 1.54) is 11.1 Å². The van der Waals surface area contributed by atoms with Gasteiger partial charge in [-0.05, 0) is 71.0 Å². The average molecular weight is 476 g/mol. The Morgan fingerprint density at radius 2 is 2.13 bits per heavy atom. The Morgan fingerprint density at radius 3 is 2.77 bits per heavy atom. The minimum Gasteiger partial charge on any atom is -0.466 e. The van der Waals surface area contributed by atoms with Gasteiger partial charge in [0.1, 0.15) is 22.5 Å². The van der Waals surface area contributed by atoms with E-state index in [0.717, 1.165) is 29.8 Å². The van der Waals surface area contributed by atoms with Crippen LogP contribution in [0.25, 0.3) is 0 Å². The van der Waals surface area contributed by atoms with Crippen LogP contribution in [0.5, 0.6) is 0 Å². The van der Waals surface area contributed by atoms with Crippen LogP contribution < -0.4 is 10.9 Å². The topological polar surface area (TPSA) is 77.1 Å². The second kappa shape index (κ2) is 7.98. The number of Topliss-reactive ketones (excluding diaryl/α,β-unsaturated/α-hetero) is 1. The van der Waals surface area contributed by atoms with Crippen LogP contribution >= 0.6 is 15.9 Å². The van der Waals surface area contributed by atoms with Gasteiger partial charge < -0.3 is 9.73 Å². The van der Waals surface area contributed by atoms with Crippen molar-refractivity contribution in [3.05, 3.63) is 44.7 Å². The lowest BCUT2D eigenvalue weighted by Crippen LogP contribution is -2.58. The number of nitrogens with one attached hydrogen (secondary N) is 1. The molecule has 1 N–H and O–H groups in total. The summed E-state index contributed by atoms with van der Waals surface area (Å²) < 4.78 is 7.17. The van der Waals surface area contributed by atoms with Crippen molar-refractivity contribution in [1.29, 1.82) is 0 Å². The largest absolute Gasteiger partial charge is 0.466 e. The molecule has 2 bridgehead atoms. The first kappa shape index (κ1) is 21.3. The van der Waals surface area contributed by atoms with Crippen molar-refractivity contribution in [3.8, 4) is 0 Å². The van der Waals surface area contributed by atoms with E-state index in [9.17, 15) is 9.59 Å². The molecule has 3 fully saturated rings. The number of carbonyl (C=O) groups is 1. The number of anilines is 1. The van der Waals surface area contributed by atoms with Gasteiger partial charge in [-0.15, -0.1) is 0 Å². The number of carbonyl (C=O) groups excluding carboxylic acids is 1. The smallest absolute Gasteiger partial charge is 0.283 e. The highest BCUT2D eigenvalue weighted by Crippen LogP contribution is 2.61.